The molecule has 1 aliphatic heterocycles. The van der Waals surface area contributed by atoms with Crippen molar-refractivity contribution in [1.82, 2.24) is 4.90 Å². The van der Waals surface area contributed by atoms with Crippen LogP contribution >= 0.6 is 11.3 Å². The minimum atomic E-state index is -0.339. The Kier molecular flexibility index (Phi) is 3.93. The molecule has 1 amide bonds. The number of aliphatic hydroxyl groups is 1. The standard InChI is InChI=1S/C15H16FNO3S/c1-9-13-11(16)3-2-4-12(13)21-14(9)15(19)17-5-6-20-10(7-17)8-18/h2-4,10,18H,5-8H2,1H3. The van der Waals surface area contributed by atoms with Gasteiger partial charge in [0.15, 0.2) is 0 Å². The first-order valence-electron chi connectivity index (χ1n) is 6.81. The number of ether oxygens (including phenoxy) is 1. The summed E-state index contributed by atoms with van der Waals surface area (Å²) in [5.41, 5.74) is 0.685. The fourth-order valence-electron chi connectivity index (χ4n) is 2.62. The summed E-state index contributed by atoms with van der Waals surface area (Å²) < 4.78 is 20.0. The Labute approximate surface area is 125 Å². The zero-order chi connectivity index (χ0) is 15.0. The first-order chi connectivity index (χ1) is 10.1. The van der Waals surface area contributed by atoms with Gasteiger partial charge in [0, 0.05) is 23.2 Å². The zero-order valence-corrected chi connectivity index (χ0v) is 12.5. The van der Waals surface area contributed by atoms with Crippen LogP contribution in [0.15, 0.2) is 18.2 Å². The van der Waals surface area contributed by atoms with Gasteiger partial charge < -0.3 is 14.7 Å². The first-order valence-corrected chi connectivity index (χ1v) is 7.63. The maximum Gasteiger partial charge on any atom is 0.264 e. The molecule has 1 N–H and O–H groups in total. The highest BCUT2D eigenvalue weighted by Gasteiger charge is 2.27. The Morgan fingerprint density at radius 2 is 2.38 bits per heavy atom. The van der Waals surface area contributed by atoms with Gasteiger partial charge in [-0.25, -0.2) is 4.39 Å². The molecular weight excluding hydrogens is 293 g/mol. The number of aryl methyl sites for hydroxylation is 1. The number of benzene rings is 1. The number of halogens is 1. The SMILES string of the molecule is Cc1c(C(=O)N2CCOC(CO)C2)sc2cccc(F)c12. The van der Waals surface area contributed by atoms with E-state index in [1.807, 2.05) is 6.07 Å². The van der Waals surface area contributed by atoms with Crippen molar-refractivity contribution in [3.63, 3.8) is 0 Å². The lowest BCUT2D eigenvalue weighted by Gasteiger charge is -2.31. The molecule has 0 spiro atoms. The van der Waals surface area contributed by atoms with Crippen molar-refractivity contribution in [2.75, 3.05) is 26.3 Å². The van der Waals surface area contributed by atoms with E-state index in [1.165, 1.54) is 17.4 Å². The van der Waals surface area contributed by atoms with E-state index in [0.29, 0.717) is 35.5 Å². The molecule has 3 rings (SSSR count). The normalized spacial score (nSPS) is 19.2. The molecule has 2 heterocycles. The minimum absolute atomic E-state index is 0.107. The predicted octanol–water partition coefficient (Wildman–Crippen LogP) is 2.18. The van der Waals surface area contributed by atoms with E-state index in [0.717, 1.165) is 4.70 Å². The van der Waals surface area contributed by atoms with Crippen LogP contribution < -0.4 is 0 Å². The van der Waals surface area contributed by atoms with Crippen LogP contribution in [0.25, 0.3) is 10.1 Å². The summed E-state index contributed by atoms with van der Waals surface area (Å²) in [5, 5.41) is 9.68. The number of hydrogen-bond donors (Lipinski definition) is 1. The summed E-state index contributed by atoms with van der Waals surface area (Å²) in [6.45, 7) is 2.94. The van der Waals surface area contributed by atoms with Crippen molar-refractivity contribution in [1.29, 1.82) is 0 Å². The van der Waals surface area contributed by atoms with Gasteiger partial charge in [0.05, 0.1) is 24.2 Å². The van der Waals surface area contributed by atoms with Crippen LogP contribution in [0.4, 0.5) is 4.39 Å². The van der Waals surface area contributed by atoms with Gasteiger partial charge >= 0.3 is 0 Å². The van der Waals surface area contributed by atoms with Crippen LogP contribution in [0.1, 0.15) is 15.2 Å². The van der Waals surface area contributed by atoms with Crippen molar-refractivity contribution in [3.05, 3.63) is 34.5 Å². The summed E-state index contributed by atoms with van der Waals surface area (Å²) in [7, 11) is 0. The van der Waals surface area contributed by atoms with Crippen molar-refractivity contribution in [2.45, 2.75) is 13.0 Å². The fourth-order valence-corrected chi connectivity index (χ4v) is 3.81. The molecule has 0 saturated carbocycles. The smallest absolute Gasteiger partial charge is 0.264 e. The average molecular weight is 309 g/mol. The quantitative estimate of drug-likeness (QED) is 0.925. The van der Waals surface area contributed by atoms with E-state index in [9.17, 15) is 9.18 Å². The number of amides is 1. The van der Waals surface area contributed by atoms with E-state index in [-0.39, 0.29) is 24.4 Å². The number of carbonyl (C=O) groups excluding carboxylic acids is 1. The van der Waals surface area contributed by atoms with Crippen LogP contribution in [-0.4, -0.2) is 48.3 Å². The molecule has 112 valence electrons. The maximum absolute atomic E-state index is 13.9. The van der Waals surface area contributed by atoms with E-state index < -0.39 is 0 Å². The highest BCUT2D eigenvalue weighted by molar-refractivity contribution is 7.21. The van der Waals surface area contributed by atoms with Crippen LogP contribution in [0.5, 0.6) is 0 Å². The molecule has 0 aliphatic carbocycles. The third-order valence-electron chi connectivity index (χ3n) is 3.73. The van der Waals surface area contributed by atoms with Gasteiger partial charge in [-0.1, -0.05) is 6.07 Å². The Bertz CT molecular complexity index is 685. The molecule has 0 bridgehead atoms. The van der Waals surface area contributed by atoms with Gasteiger partial charge in [-0.15, -0.1) is 11.3 Å². The lowest BCUT2D eigenvalue weighted by molar-refractivity contribution is -0.0446. The average Bonchev–Trinajstić information content (AvgIpc) is 2.85. The number of hydrogen-bond acceptors (Lipinski definition) is 4. The third kappa shape index (κ3) is 2.54. The molecule has 2 aromatic rings. The molecule has 1 aromatic carbocycles. The topological polar surface area (TPSA) is 49.8 Å². The molecule has 1 aliphatic rings. The number of carbonyl (C=O) groups is 1. The fraction of sp³-hybridized carbons (Fsp3) is 0.400. The number of aliphatic hydroxyl groups excluding tert-OH is 1. The Balaban J connectivity index is 1.95. The van der Waals surface area contributed by atoms with E-state index in [1.54, 1.807) is 17.9 Å². The van der Waals surface area contributed by atoms with Gasteiger partial charge in [0.25, 0.3) is 5.91 Å². The third-order valence-corrected chi connectivity index (χ3v) is 4.97. The monoisotopic (exact) mass is 309 g/mol. The highest BCUT2D eigenvalue weighted by Crippen LogP contribution is 2.33. The summed E-state index contributed by atoms with van der Waals surface area (Å²) >= 11 is 1.31. The summed E-state index contributed by atoms with van der Waals surface area (Å²) in [6, 6.07) is 4.88. The zero-order valence-electron chi connectivity index (χ0n) is 11.6. The lowest BCUT2D eigenvalue weighted by atomic mass is 10.1. The summed E-state index contributed by atoms with van der Waals surface area (Å²) in [6.07, 6.45) is -0.339. The molecular formula is C15H16FNO3S. The molecule has 1 saturated heterocycles. The van der Waals surface area contributed by atoms with Crippen molar-refractivity contribution >= 4 is 27.3 Å². The maximum atomic E-state index is 13.9. The second-order valence-corrected chi connectivity index (χ2v) is 6.15. The molecule has 4 nitrogen and oxygen atoms in total. The van der Waals surface area contributed by atoms with Gasteiger partial charge in [-0.05, 0) is 24.6 Å². The van der Waals surface area contributed by atoms with Gasteiger partial charge in [-0.3, -0.25) is 4.79 Å². The van der Waals surface area contributed by atoms with Crippen LogP contribution in [0, 0.1) is 12.7 Å². The van der Waals surface area contributed by atoms with E-state index in [4.69, 9.17) is 9.84 Å². The highest BCUT2D eigenvalue weighted by atomic mass is 32.1. The van der Waals surface area contributed by atoms with Crippen molar-refractivity contribution < 1.29 is 19.0 Å². The van der Waals surface area contributed by atoms with Crippen LogP contribution in [0.2, 0.25) is 0 Å². The summed E-state index contributed by atoms with van der Waals surface area (Å²) in [5.74, 6) is -0.412. The molecule has 1 fully saturated rings. The largest absolute Gasteiger partial charge is 0.394 e. The minimum Gasteiger partial charge on any atom is -0.394 e. The second kappa shape index (κ2) is 5.71. The number of nitrogens with zero attached hydrogens (tertiary/aromatic N) is 1. The number of fused-ring (bicyclic) bond motifs is 1. The lowest BCUT2D eigenvalue weighted by Crippen LogP contribution is -2.46. The van der Waals surface area contributed by atoms with Gasteiger partial charge in [0.2, 0.25) is 0 Å². The van der Waals surface area contributed by atoms with E-state index >= 15 is 0 Å². The Morgan fingerprint density at radius 3 is 3.10 bits per heavy atom. The van der Waals surface area contributed by atoms with Gasteiger partial charge in [-0.2, -0.15) is 0 Å². The van der Waals surface area contributed by atoms with Crippen LogP contribution in [0.3, 0.4) is 0 Å². The number of rotatable bonds is 2. The molecule has 1 atom stereocenters. The summed E-state index contributed by atoms with van der Waals surface area (Å²) in [4.78, 5) is 14.9. The molecule has 21 heavy (non-hydrogen) atoms. The van der Waals surface area contributed by atoms with Gasteiger partial charge in [0.1, 0.15) is 5.82 Å². The first kappa shape index (κ1) is 14.4. The molecule has 1 aromatic heterocycles. The van der Waals surface area contributed by atoms with Crippen molar-refractivity contribution in [2.24, 2.45) is 0 Å². The Hall–Kier alpha value is -1.50. The van der Waals surface area contributed by atoms with Crippen LogP contribution in [-0.2, 0) is 4.74 Å². The molecule has 1 unspecified atom stereocenters. The number of thiophene rings is 1. The Morgan fingerprint density at radius 1 is 1.57 bits per heavy atom. The second-order valence-electron chi connectivity index (χ2n) is 5.10. The molecule has 6 heteroatoms. The number of morpholine rings is 1. The molecule has 0 radical (unpaired) electrons. The van der Waals surface area contributed by atoms with E-state index in [2.05, 4.69) is 0 Å². The van der Waals surface area contributed by atoms with Crippen molar-refractivity contribution in [3.8, 4) is 0 Å². The predicted molar refractivity (Wildman–Crippen MR) is 79.2 cm³/mol.